The highest BCUT2D eigenvalue weighted by atomic mass is 16.3. The van der Waals surface area contributed by atoms with E-state index in [1.165, 1.54) is 12.1 Å². The highest BCUT2D eigenvalue weighted by Gasteiger charge is 2.31. The number of carbonyl (C=O) groups excluding carboxylic acids is 1. The minimum Gasteiger partial charge on any atom is -0.504 e. The van der Waals surface area contributed by atoms with Crippen molar-refractivity contribution in [2.24, 2.45) is 5.73 Å². The van der Waals surface area contributed by atoms with Crippen LogP contribution in [0.15, 0.2) is 18.2 Å². The largest absolute Gasteiger partial charge is 0.504 e. The van der Waals surface area contributed by atoms with Crippen molar-refractivity contribution in [3.63, 3.8) is 0 Å². The molecule has 1 aliphatic carbocycles. The standard InChI is InChI=1S/C15H22N2O4/c16-12(8-10-4-5-13(19)14(20)9-10)15(21)17(6-7-18)11-2-1-3-11/h4-5,9,11-12,18-20H,1-3,6-8,16H2/t12-/m0/s1. The number of nitrogens with two attached hydrogens (primary N) is 1. The smallest absolute Gasteiger partial charge is 0.240 e. The van der Waals surface area contributed by atoms with E-state index in [1.807, 2.05) is 0 Å². The molecular formula is C15H22N2O4. The van der Waals surface area contributed by atoms with E-state index in [4.69, 9.17) is 10.8 Å². The third kappa shape index (κ3) is 3.65. The van der Waals surface area contributed by atoms with Crippen molar-refractivity contribution >= 4 is 5.91 Å². The van der Waals surface area contributed by atoms with Crippen LogP contribution < -0.4 is 5.73 Å². The maximum atomic E-state index is 12.4. The number of hydrogen-bond donors (Lipinski definition) is 4. The van der Waals surface area contributed by atoms with Crippen LogP contribution in [0.2, 0.25) is 0 Å². The number of carbonyl (C=O) groups is 1. The third-order valence-electron chi connectivity index (χ3n) is 3.95. The summed E-state index contributed by atoms with van der Waals surface area (Å²) in [5, 5.41) is 27.8. The van der Waals surface area contributed by atoms with Gasteiger partial charge in [0, 0.05) is 12.6 Å². The number of amides is 1. The van der Waals surface area contributed by atoms with Crippen LogP contribution in [-0.4, -0.2) is 51.4 Å². The van der Waals surface area contributed by atoms with Gasteiger partial charge in [-0.1, -0.05) is 6.07 Å². The van der Waals surface area contributed by atoms with Gasteiger partial charge in [-0.05, 0) is 43.4 Å². The lowest BCUT2D eigenvalue weighted by molar-refractivity contribution is -0.137. The van der Waals surface area contributed by atoms with Gasteiger partial charge >= 0.3 is 0 Å². The molecule has 1 atom stereocenters. The zero-order chi connectivity index (χ0) is 15.4. The van der Waals surface area contributed by atoms with Gasteiger partial charge in [-0.3, -0.25) is 4.79 Å². The molecule has 1 aliphatic rings. The Balaban J connectivity index is 2.01. The zero-order valence-corrected chi connectivity index (χ0v) is 11.9. The van der Waals surface area contributed by atoms with Crippen LogP contribution in [0.25, 0.3) is 0 Å². The number of aliphatic hydroxyl groups excluding tert-OH is 1. The SMILES string of the molecule is N[C@@H](Cc1ccc(O)c(O)c1)C(=O)N(CCO)C1CCC1. The molecular weight excluding hydrogens is 272 g/mol. The molecule has 0 spiro atoms. The van der Waals surface area contributed by atoms with Crippen molar-refractivity contribution in [3.8, 4) is 11.5 Å². The number of hydrogen-bond acceptors (Lipinski definition) is 5. The Hall–Kier alpha value is -1.79. The molecule has 1 saturated carbocycles. The third-order valence-corrected chi connectivity index (χ3v) is 3.95. The van der Waals surface area contributed by atoms with Gasteiger partial charge in [0.05, 0.1) is 12.6 Å². The van der Waals surface area contributed by atoms with Gasteiger partial charge in [0.1, 0.15) is 0 Å². The second-order valence-electron chi connectivity index (χ2n) is 5.47. The van der Waals surface area contributed by atoms with Crippen LogP contribution in [0.1, 0.15) is 24.8 Å². The highest BCUT2D eigenvalue weighted by Crippen LogP contribution is 2.27. The van der Waals surface area contributed by atoms with Crippen molar-refractivity contribution in [3.05, 3.63) is 23.8 Å². The molecule has 0 heterocycles. The lowest BCUT2D eigenvalue weighted by Gasteiger charge is -2.38. The molecule has 116 valence electrons. The Kier molecular flexibility index (Phi) is 5.03. The van der Waals surface area contributed by atoms with Gasteiger partial charge < -0.3 is 26.0 Å². The van der Waals surface area contributed by atoms with E-state index in [-0.39, 0.29) is 36.5 Å². The van der Waals surface area contributed by atoms with E-state index in [9.17, 15) is 15.0 Å². The average Bonchev–Trinajstić information content (AvgIpc) is 2.39. The normalized spacial score (nSPS) is 16.3. The second kappa shape index (κ2) is 6.78. The molecule has 0 aromatic heterocycles. The molecule has 0 saturated heterocycles. The summed E-state index contributed by atoms with van der Waals surface area (Å²) >= 11 is 0. The van der Waals surface area contributed by atoms with Gasteiger partial charge in [-0.25, -0.2) is 0 Å². The lowest BCUT2D eigenvalue weighted by atomic mass is 9.90. The number of aromatic hydroxyl groups is 2. The molecule has 21 heavy (non-hydrogen) atoms. The Morgan fingerprint density at radius 3 is 2.57 bits per heavy atom. The van der Waals surface area contributed by atoms with Crippen molar-refractivity contribution in [2.45, 2.75) is 37.8 Å². The first-order valence-electron chi connectivity index (χ1n) is 7.20. The van der Waals surface area contributed by atoms with Gasteiger partial charge in [-0.15, -0.1) is 0 Å². The predicted octanol–water partition coefficient (Wildman–Crippen LogP) is 0.341. The molecule has 1 amide bonds. The van der Waals surface area contributed by atoms with Crippen LogP contribution in [0, 0.1) is 0 Å². The van der Waals surface area contributed by atoms with Crippen molar-refractivity contribution < 1.29 is 20.1 Å². The average molecular weight is 294 g/mol. The van der Waals surface area contributed by atoms with E-state index in [0.29, 0.717) is 12.1 Å². The van der Waals surface area contributed by atoms with E-state index in [1.54, 1.807) is 11.0 Å². The van der Waals surface area contributed by atoms with Gasteiger partial charge in [-0.2, -0.15) is 0 Å². The Labute approximate surface area is 123 Å². The van der Waals surface area contributed by atoms with E-state index in [2.05, 4.69) is 0 Å². The molecule has 1 aromatic rings. The molecule has 6 nitrogen and oxygen atoms in total. The molecule has 0 aliphatic heterocycles. The summed E-state index contributed by atoms with van der Waals surface area (Å²) in [7, 11) is 0. The minimum atomic E-state index is -0.721. The van der Waals surface area contributed by atoms with E-state index >= 15 is 0 Å². The predicted molar refractivity (Wildman–Crippen MR) is 77.9 cm³/mol. The second-order valence-corrected chi connectivity index (χ2v) is 5.47. The fourth-order valence-electron chi connectivity index (χ4n) is 2.53. The summed E-state index contributed by atoms with van der Waals surface area (Å²) in [6, 6.07) is 3.87. The van der Waals surface area contributed by atoms with Gasteiger partial charge in [0.25, 0.3) is 0 Å². The summed E-state index contributed by atoms with van der Waals surface area (Å²) in [5.74, 6) is -0.602. The summed E-state index contributed by atoms with van der Waals surface area (Å²) in [5.41, 5.74) is 6.65. The topological polar surface area (TPSA) is 107 Å². The van der Waals surface area contributed by atoms with Gasteiger partial charge in [0.15, 0.2) is 11.5 Å². The first-order chi connectivity index (χ1) is 10.0. The Morgan fingerprint density at radius 2 is 2.05 bits per heavy atom. The van der Waals surface area contributed by atoms with E-state index in [0.717, 1.165) is 19.3 Å². The Morgan fingerprint density at radius 1 is 1.33 bits per heavy atom. The summed E-state index contributed by atoms with van der Waals surface area (Å²) in [4.78, 5) is 14.1. The monoisotopic (exact) mass is 294 g/mol. The molecule has 0 unspecified atom stereocenters. The summed E-state index contributed by atoms with van der Waals surface area (Å²) in [6.45, 7) is 0.229. The van der Waals surface area contributed by atoms with Gasteiger partial charge in [0.2, 0.25) is 5.91 Å². The summed E-state index contributed by atoms with van der Waals surface area (Å²) < 4.78 is 0. The molecule has 1 fully saturated rings. The molecule has 1 aromatic carbocycles. The number of nitrogens with zero attached hydrogens (tertiary/aromatic N) is 1. The van der Waals surface area contributed by atoms with Crippen molar-refractivity contribution in [1.82, 2.24) is 4.90 Å². The number of benzene rings is 1. The summed E-state index contributed by atoms with van der Waals surface area (Å²) in [6.07, 6.45) is 3.29. The molecule has 5 N–H and O–H groups in total. The number of aliphatic hydroxyl groups is 1. The van der Waals surface area contributed by atoms with Crippen molar-refractivity contribution in [2.75, 3.05) is 13.2 Å². The van der Waals surface area contributed by atoms with Crippen molar-refractivity contribution in [1.29, 1.82) is 0 Å². The maximum Gasteiger partial charge on any atom is 0.240 e. The lowest BCUT2D eigenvalue weighted by Crippen LogP contribution is -2.52. The fraction of sp³-hybridized carbons (Fsp3) is 0.533. The maximum absolute atomic E-state index is 12.4. The zero-order valence-electron chi connectivity index (χ0n) is 11.9. The molecule has 2 rings (SSSR count). The highest BCUT2D eigenvalue weighted by molar-refractivity contribution is 5.82. The number of rotatable bonds is 6. The quantitative estimate of drug-likeness (QED) is 0.566. The number of phenols is 2. The number of phenolic OH excluding ortho intramolecular Hbond substituents is 2. The van der Waals surface area contributed by atoms with Crippen LogP contribution in [0.3, 0.4) is 0 Å². The van der Waals surface area contributed by atoms with Crippen LogP contribution >= 0.6 is 0 Å². The molecule has 0 bridgehead atoms. The van der Waals surface area contributed by atoms with Crippen LogP contribution in [0.5, 0.6) is 11.5 Å². The van der Waals surface area contributed by atoms with E-state index < -0.39 is 6.04 Å². The molecule has 6 heteroatoms. The minimum absolute atomic E-state index is 0.0744. The first kappa shape index (κ1) is 15.6. The first-order valence-corrected chi connectivity index (χ1v) is 7.20. The fourth-order valence-corrected chi connectivity index (χ4v) is 2.53. The van der Waals surface area contributed by atoms with Crippen LogP contribution in [0.4, 0.5) is 0 Å². The van der Waals surface area contributed by atoms with Crippen LogP contribution in [-0.2, 0) is 11.2 Å². The Bertz CT molecular complexity index is 502. The molecule has 0 radical (unpaired) electrons.